The summed E-state index contributed by atoms with van der Waals surface area (Å²) in [5, 5.41) is 12.8. The van der Waals surface area contributed by atoms with E-state index in [1.807, 2.05) is 62.4 Å². The molecule has 1 atom stereocenters. The number of anilines is 6. The van der Waals surface area contributed by atoms with Crippen molar-refractivity contribution in [1.29, 1.82) is 0 Å². The standard InChI is InChI=1S/C27H28ClN7O2/c1-16-5-10-20(11-6-16)30-26-33-25(34-27(35-26)31-21-12-7-17(2)8-13-21)29-18(3)24(36)32-22-15-19(28)9-14-23(22)37-4/h5-15,18H,1-4H3,(H,32,36)(H3,29,30,31,33,34,35). The van der Waals surface area contributed by atoms with Crippen LogP contribution in [0.4, 0.5) is 34.9 Å². The van der Waals surface area contributed by atoms with Gasteiger partial charge in [0, 0.05) is 16.4 Å². The summed E-state index contributed by atoms with van der Waals surface area (Å²) in [6, 6.07) is 20.0. The fourth-order valence-electron chi connectivity index (χ4n) is 3.36. The van der Waals surface area contributed by atoms with E-state index in [9.17, 15) is 4.79 Å². The van der Waals surface area contributed by atoms with E-state index in [2.05, 4.69) is 36.2 Å². The zero-order valence-electron chi connectivity index (χ0n) is 21.0. The first-order chi connectivity index (χ1) is 17.8. The first kappa shape index (κ1) is 25.7. The highest BCUT2D eigenvalue weighted by atomic mass is 35.5. The molecule has 10 heteroatoms. The molecule has 0 saturated carbocycles. The van der Waals surface area contributed by atoms with Crippen LogP contribution in [0, 0.1) is 13.8 Å². The molecule has 9 nitrogen and oxygen atoms in total. The maximum absolute atomic E-state index is 12.9. The van der Waals surface area contributed by atoms with Gasteiger partial charge in [-0.05, 0) is 63.2 Å². The molecule has 0 spiro atoms. The van der Waals surface area contributed by atoms with Gasteiger partial charge < -0.3 is 26.0 Å². The first-order valence-corrected chi connectivity index (χ1v) is 12.0. The number of aromatic nitrogens is 3. The zero-order valence-corrected chi connectivity index (χ0v) is 21.7. The van der Waals surface area contributed by atoms with E-state index in [1.165, 1.54) is 7.11 Å². The lowest BCUT2D eigenvalue weighted by atomic mass is 10.2. The van der Waals surface area contributed by atoms with Gasteiger partial charge in [-0.2, -0.15) is 15.0 Å². The second-order valence-electron chi connectivity index (χ2n) is 8.49. The number of rotatable bonds is 9. The Balaban J connectivity index is 1.56. The van der Waals surface area contributed by atoms with Crippen molar-refractivity contribution in [2.75, 3.05) is 28.4 Å². The van der Waals surface area contributed by atoms with Crippen LogP contribution in [-0.2, 0) is 4.79 Å². The number of hydrogen-bond acceptors (Lipinski definition) is 8. The molecule has 37 heavy (non-hydrogen) atoms. The number of carbonyl (C=O) groups excluding carboxylic acids is 1. The molecule has 1 aromatic heterocycles. The van der Waals surface area contributed by atoms with Crippen LogP contribution in [0.15, 0.2) is 66.7 Å². The third-order valence-corrected chi connectivity index (χ3v) is 5.64. The van der Waals surface area contributed by atoms with Crippen molar-refractivity contribution in [3.63, 3.8) is 0 Å². The average Bonchev–Trinajstić information content (AvgIpc) is 2.87. The van der Waals surface area contributed by atoms with Gasteiger partial charge in [-0.3, -0.25) is 4.79 Å². The zero-order chi connectivity index (χ0) is 26.4. The Hall–Kier alpha value is -4.37. The molecule has 4 aromatic rings. The van der Waals surface area contributed by atoms with Gasteiger partial charge in [-0.1, -0.05) is 47.0 Å². The summed E-state index contributed by atoms with van der Waals surface area (Å²) in [5.74, 6) is 1.04. The first-order valence-electron chi connectivity index (χ1n) is 11.6. The van der Waals surface area contributed by atoms with Crippen molar-refractivity contribution in [2.45, 2.75) is 26.8 Å². The fourth-order valence-corrected chi connectivity index (χ4v) is 3.53. The quantitative estimate of drug-likeness (QED) is 0.211. The Kier molecular flexibility index (Phi) is 8.05. The highest BCUT2D eigenvalue weighted by molar-refractivity contribution is 6.31. The number of nitrogens with one attached hydrogen (secondary N) is 4. The number of nitrogens with zero attached hydrogens (tertiary/aromatic N) is 3. The van der Waals surface area contributed by atoms with Crippen molar-refractivity contribution >= 4 is 52.4 Å². The molecule has 0 bridgehead atoms. The normalized spacial score (nSPS) is 11.4. The van der Waals surface area contributed by atoms with Crippen LogP contribution in [0.1, 0.15) is 18.1 Å². The van der Waals surface area contributed by atoms with Gasteiger partial charge in [0.05, 0.1) is 12.8 Å². The predicted molar refractivity (Wildman–Crippen MR) is 148 cm³/mol. The second kappa shape index (κ2) is 11.6. The minimum atomic E-state index is -0.689. The van der Waals surface area contributed by atoms with Crippen molar-refractivity contribution in [1.82, 2.24) is 15.0 Å². The molecule has 190 valence electrons. The predicted octanol–water partition coefficient (Wildman–Crippen LogP) is 6.08. The van der Waals surface area contributed by atoms with Gasteiger partial charge in [0.15, 0.2) is 0 Å². The minimum absolute atomic E-state index is 0.222. The Morgan fingerprint density at radius 2 is 1.32 bits per heavy atom. The lowest BCUT2D eigenvalue weighted by Crippen LogP contribution is -2.32. The molecule has 1 amide bonds. The van der Waals surface area contributed by atoms with E-state index >= 15 is 0 Å². The molecule has 0 radical (unpaired) electrons. The molecule has 1 unspecified atom stereocenters. The number of carbonyl (C=O) groups is 1. The monoisotopic (exact) mass is 517 g/mol. The number of hydrogen-bond donors (Lipinski definition) is 4. The lowest BCUT2D eigenvalue weighted by Gasteiger charge is -2.17. The fraction of sp³-hybridized carbons (Fsp3) is 0.185. The number of methoxy groups -OCH3 is 1. The summed E-state index contributed by atoms with van der Waals surface area (Å²) in [6.07, 6.45) is 0. The molecule has 0 aliphatic carbocycles. The van der Waals surface area contributed by atoms with Gasteiger partial charge in [-0.25, -0.2) is 0 Å². The second-order valence-corrected chi connectivity index (χ2v) is 8.92. The molecule has 1 heterocycles. The summed E-state index contributed by atoms with van der Waals surface area (Å²) in [6.45, 7) is 5.74. The van der Waals surface area contributed by atoms with Crippen molar-refractivity contribution in [2.24, 2.45) is 0 Å². The van der Waals surface area contributed by atoms with Crippen LogP contribution in [0.5, 0.6) is 5.75 Å². The van der Waals surface area contributed by atoms with Gasteiger partial charge in [0.1, 0.15) is 11.8 Å². The number of halogens is 1. The Morgan fingerprint density at radius 3 is 1.84 bits per heavy atom. The van der Waals surface area contributed by atoms with Crippen LogP contribution in [0.3, 0.4) is 0 Å². The van der Waals surface area contributed by atoms with Gasteiger partial charge in [0.2, 0.25) is 23.8 Å². The van der Waals surface area contributed by atoms with Gasteiger partial charge in [0.25, 0.3) is 0 Å². The lowest BCUT2D eigenvalue weighted by molar-refractivity contribution is -0.116. The number of ether oxygens (including phenoxy) is 1. The molecular weight excluding hydrogens is 490 g/mol. The van der Waals surface area contributed by atoms with E-state index in [1.54, 1.807) is 25.1 Å². The van der Waals surface area contributed by atoms with E-state index in [0.717, 1.165) is 22.5 Å². The van der Waals surface area contributed by atoms with E-state index < -0.39 is 6.04 Å². The summed E-state index contributed by atoms with van der Waals surface area (Å²) < 4.78 is 5.32. The summed E-state index contributed by atoms with van der Waals surface area (Å²) >= 11 is 6.09. The van der Waals surface area contributed by atoms with Crippen LogP contribution < -0.4 is 26.0 Å². The van der Waals surface area contributed by atoms with Crippen LogP contribution in [0.2, 0.25) is 5.02 Å². The number of amides is 1. The minimum Gasteiger partial charge on any atom is -0.495 e. The third kappa shape index (κ3) is 7.08. The van der Waals surface area contributed by atoms with Crippen LogP contribution >= 0.6 is 11.6 Å². The topological polar surface area (TPSA) is 113 Å². The summed E-state index contributed by atoms with van der Waals surface area (Å²) in [5.41, 5.74) is 4.39. The molecule has 4 rings (SSSR count). The van der Waals surface area contributed by atoms with E-state index in [-0.39, 0.29) is 11.9 Å². The highest BCUT2D eigenvalue weighted by Gasteiger charge is 2.18. The molecule has 0 aliphatic heterocycles. The van der Waals surface area contributed by atoms with Gasteiger partial charge in [-0.15, -0.1) is 0 Å². The largest absolute Gasteiger partial charge is 0.495 e. The number of aryl methyl sites for hydroxylation is 2. The van der Waals surface area contributed by atoms with Crippen molar-refractivity contribution in [3.8, 4) is 5.75 Å². The van der Waals surface area contributed by atoms with Crippen molar-refractivity contribution < 1.29 is 9.53 Å². The van der Waals surface area contributed by atoms with Crippen molar-refractivity contribution in [3.05, 3.63) is 82.9 Å². The Bertz CT molecular complexity index is 1310. The molecule has 0 aliphatic rings. The Labute approximate surface area is 220 Å². The maximum Gasteiger partial charge on any atom is 0.246 e. The molecule has 0 fully saturated rings. The molecule has 3 aromatic carbocycles. The highest BCUT2D eigenvalue weighted by Crippen LogP contribution is 2.28. The SMILES string of the molecule is COc1ccc(Cl)cc1NC(=O)C(C)Nc1nc(Nc2ccc(C)cc2)nc(Nc2ccc(C)cc2)n1. The smallest absolute Gasteiger partial charge is 0.246 e. The van der Waals surface area contributed by atoms with Gasteiger partial charge >= 0.3 is 0 Å². The van der Waals surface area contributed by atoms with E-state index in [0.29, 0.717) is 28.4 Å². The van der Waals surface area contributed by atoms with Crippen LogP contribution in [0.25, 0.3) is 0 Å². The number of benzene rings is 3. The molecule has 0 saturated heterocycles. The molecular formula is C27H28ClN7O2. The van der Waals surface area contributed by atoms with Crippen LogP contribution in [-0.4, -0.2) is 34.0 Å². The molecule has 4 N–H and O–H groups in total. The van der Waals surface area contributed by atoms with E-state index in [4.69, 9.17) is 16.3 Å². The summed E-state index contributed by atoms with van der Waals surface area (Å²) in [7, 11) is 1.52. The average molecular weight is 518 g/mol. The summed E-state index contributed by atoms with van der Waals surface area (Å²) in [4.78, 5) is 26.4. The maximum atomic E-state index is 12.9. The Morgan fingerprint density at radius 1 is 0.811 bits per heavy atom. The third-order valence-electron chi connectivity index (χ3n) is 5.41.